The number of benzene rings is 2. The summed E-state index contributed by atoms with van der Waals surface area (Å²) in [5.41, 5.74) is -0.0694. The van der Waals surface area contributed by atoms with Gasteiger partial charge < -0.3 is 4.74 Å². The average molecular weight is 360 g/mol. The first-order valence-electron chi connectivity index (χ1n) is 9.99. The molecule has 3 heteroatoms. The third-order valence-electron chi connectivity index (χ3n) is 7.31. The van der Waals surface area contributed by atoms with E-state index in [2.05, 4.69) is 12.1 Å². The Bertz CT molecular complexity index is 918. The molecule has 0 radical (unpaired) electrons. The lowest BCUT2D eigenvalue weighted by atomic mass is 9.48. The van der Waals surface area contributed by atoms with Crippen molar-refractivity contribution in [3.8, 4) is 5.75 Å². The normalized spacial score (nSPS) is 34.9. The summed E-state index contributed by atoms with van der Waals surface area (Å²) in [6.45, 7) is 1.85. The zero-order chi connectivity index (χ0) is 18.6. The number of carbonyl (C=O) groups excluding carboxylic acids is 2. The van der Waals surface area contributed by atoms with Crippen LogP contribution < -0.4 is 4.74 Å². The van der Waals surface area contributed by atoms with Crippen LogP contribution in [0.4, 0.5) is 0 Å². The molecule has 2 aromatic rings. The number of para-hydroxylation sites is 1. The summed E-state index contributed by atoms with van der Waals surface area (Å²) in [5.74, 6) is 0.925. The Morgan fingerprint density at radius 2 is 1.70 bits per heavy atom. The number of ketones is 2. The second-order valence-corrected chi connectivity index (χ2v) is 8.44. The number of fused-ring (bicyclic) bond motifs is 1. The Kier molecular flexibility index (Phi) is 3.59. The Balaban J connectivity index is 1.71. The molecule has 1 aliphatic heterocycles. The highest BCUT2D eigenvalue weighted by atomic mass is 16.5. The third kappa shape index (κ3) is 2.08. The van der Waals surface area contributed by atoms with Gasteiger partial charge in [0.1, 0.15) is 16.8 Å². The van der Waals surface area contributed by atoms with E-state index < -0.39 is 11.0 Å². The fourth-order valence-corrected chi connectivity index (χ4v) is 5.91. The summed E-state index contributed by atoms with van der Waals surface area (Å²) in [4.78, 5) is 27.1. The second kappa shape index (κ2) is 5.79. The van der Waals surface area contributed by atoms with E-state index in [9.17, 15) is 9.59 Å². The van der Waals surface area contributed by atoms with E-state index in [0.29, 0.717) is 17.7 Å². The van der Waals surface area contributed by atoms with Crippen molar-refractivity contribution < 1.29 is 14.3 Å². The topological polar surface area (TPSA) is 43.4 Å². The molecular weight excluding hydrogens is 336 g/mol. The molecule has 3 nitrogen and oxygen atoms in total. The zero-order valence-electron chi connectivity index (χ0n) is 15.6. The standard InChI is InChI=1S/C24H24O3/c1-23-21(25)15-18(16-9-3-2-4-10-16)19-12-7-8-14-24(19,23)27-20-13-6-5-11-17(20)22(23)26/h2-6,9-11,13,18-19H,7-8,12,14-15H2,1H3/t18-,19-,23-,24-/m1/s1. The van der Waals surface area contributed by atoms with E-state index >= 15 is 0 Å². The molecule has 0 bridgehead atoms. The number of Topliss-reactive ketones (excluding diaryl/α,β-unsaturated/α-hetero) is 2. The lowest BCUT2D eigenvalue weighted by Gasteiger charge is -2.60. The van der Waals surface area contributed by atoms with E-state index in [1.807, 2.05) is 43.3 Å². The van der Waals surface area contributed by atoms with Crippen molar-refractivity contribution in [2.24, 2.45) is 11.3 Å². The zero-order valence-corrected chi connectivity index (χ0v) is 15.6. The van der Waals surface area contributed by atoms with E-state index in [0.717, 1.165) is 25.7 Å². The Morgan fingerprint density at radius 1 is 0.963 bits per heavy atom. The Hall–Kier alpha value is -2.42. The molecule has 138 valence electrons. The fraction of sp³-hybridized carbons (Fsp3) is 0.417. The van der Waals surface area contributed by atoms with Crippen LogP contribution in [-0.4, -0.2) is 17.2 Å². The van der Waals surface area contributed by atoms with Crippen LogP contribution >= 0.6 is 0 Å². The largest absolute Gasteiger partial charge is 0.485 e. The predicted octanol–water partition coefficient (Wildman–Crippen LogP) is 4.95. The maximum atomic E-state index is 13.6. The maximum Gasteiger partial charge on any atom is 0.183 e. The highest BCUT2D eigenvalue weighted by molar-refractivity contribution is 6.18. The smallest absolute Gasteiger partial charge is 0.183 e. The molecule has 2 fully saturated rings. The molecule has 3 aliphatic rings. The van der Waals surface area contributed by atoms with Gasteiger partial charge in [-0.25, -0.2) is 0 Å². The van der Waals surface area contributed by atoms with Crippen LogP contribution in [-0.2, 0) is 4.79 Å². The van der Waals surface area contributed by atoms with Crippen molar-refractivity contribution in [3.63, 3.8) is 0 Å². The van der Waals surface area contributed by atoms with Crippen LogP contribution in [0.2, 0.25) is 0 Å². The van der Waals surface area contributed by atoms with E-state index in [4.69, 9.17) is 4.74 Å². The molecule has 0 N–H and O–H groups in total. The molecule has 1 heterocycles. The van der Waals surface area contributed by atoms with Crippen molar-refractivity contribution in [2.75, 3.05) is 0 Å². The van der Waals surface area contributed by atoms with Gasteiger partial charge in [-0.2, -0.15) is 0 Å². The minimum Gasteiger partial charge on any atom is -0.485 e. The van der Waals surface area contributed by atoms with Crippen LogP contribution in [0.5, 0.6) is 5.75 Å². The minimum absolute atomic E-state index is 0.0361. The number of rotatable bonds is 1. The molecule has 0 amide bonds. The van der Waals surface area contributed by atoms with Gasteiger partial charge in [-0.1, -0.05) is 48.9 Å². The number of carbonyl (C=O) groups is 2. The molecule has 0 aromatic heterocycles. The van der Waals surface area contributed by atoms with Gasteiger partial charge in [0.15, 0.2) is 11.6 Å². The molecule has 2 aliphatic carbocycles. The molecule has 2 saturated carbocycles. The molecule has 0 saturated heterocycles. The lowest BCUT2D eigenvalue weighted by molar-refractivity contribution is -0.165. The number of hydrogen-bond donors (Lipinski definition) is 0. The summed E-state index contributed by atoms with van der Waals surface area (Å²) in [5, 5.41) is 0. The molecule has 1 spiro atoms. The quantitative estimate of drug-likeness (QED) is 0.676. The SMILES string of the molecule is C[C@]12C(=O)C[C@H](c3ccccc3)[C@H]3CCCC[C@@]31Oc1ccccc1C2=O. The molecule has 27 heavy (non-hydrogen) atoms. The van der Waals surface area contributed by atoms with Crippen molar-refractivity contribution in [3.05, 3.63) is 65.7 Å². The third-order valence-corrected chi connectivity index (χ3v) is 7.31. The van der Waals surface area contributed by atoms with E-state index in [1.165, 1.54) is 5.56 Å². The first kappa shape index (κ1) is 16.7. The first-order chi connectivity index (χ1) is 13.1. The maximum absolute atomic E-state index is 13.6. The van der Waals surface area contributed by atoms with Gasteiger partial charge in [0.05, 0.1) is 5.56 Å². The van der Waals surface area contributed by atoms with Gasteiger partial charge in [0.25, 0.3) is 0 Å². The summed E-state index contributed by atoms with van der Waals surface area (Å²) < 4.78 is 6.68. The van der Waals surface area contributed by atoms with Crippen molar-refractivity contribution >= 4 is 11.6 Å². The van der Waals surface area contributed by atoms with Crippen LogP contribution in [0, 0.1) is 11.3 Å². The monoisotopic (exact) mass is 360 g/mol. The fourth-order valence-electron chi connectivity index (χ4n) is 5.91. The van der Waals surface area contributed by atoms with Crippen LogP contribution in [0.15, 0.2) is 54.6 Å². The molecule has 4 atom stereocenters. The molecule has 5 rings (SSSR count). The van der Waals surface area contributed by atoms with E-state index in [1.54, 1.807) is 6.07 Å². The van der Waals surface area contributed by atoms with Gasteiger partial charge in [0.2, 0.25) is 0 Å². The number of hydrogen-bond acceptors (Lipinski definition) is 3. The predicted molar refractivity (Wildman–Crippen MR) is 103 cm³/mol. The Morgan fingerprint density at radius 3 is 2.52 bits per heavy atom. The van der Waals surface area contributed by atoms with Crippen LogP contribution in [0.25, 0.3) is 0 Å². The first-order valence-corrected chi connectivity index (χ1v) is 9.99. The summed E-state index contributed by atoms with van der Waals surface area (Å²) in [6.07, 6.45) is 4.31. The van der Waals surface area contributed by atoms with Crippen LogP contribution in [0.3, 0.4) is 0 Å². The van der Waals surface area contributed by atoms with Gasteiger partial charge in [0, 0.05) is 12.3 Å². The average Bonchev–Trinajstić information content (AvgIpc) is 2.71. The van der Waals surface area contributed by atoms with Gasteiger partial charge >= 0.3 is 0 Å². The lowest BCUT2D eigenvalue weighted by Crippen LogP contribution is -2.69. The highest BCUT2D eigenvalue weighted by Gasteiger charge is 2.69. The molecule has 2 aromatic carbocycles. The number of ether oxygens (including phenoxy) is 1. The van der Waals surface area contributed by atoms with E-state index in [-0.39, 0.29) is 23.4 Å². The molecular formula is C24H24O3. The van der Waals surface area contributed by atoms with Crippen molar-refractivity contribution in [1.82, 2.24) is 0 Å². The minimum atomic E-state index is -1.09. The van der Waals surface area contributed by atoms with Crippen LogP contribution in [0.1, 0.15) is 60.9 Å². The van der Waals surface area contributed by atoms with Gasteiger partial charge in [-0.05, 0) is 49.8 Å². The van der Waals surface area contributed by atoms with Gasteiger partial charge in [-0.15, -0.1) is 0 Å². The Labute approximate surface area is 159 Å². The molecule has 0 unspecified atom stereocenters. The summed E-state index contributed by atoms with van der Waals surface area (Å²) in [6, 6.07) is 17.7. The summed E-state index contributed by atoms with van der Waals surface area (Å²) >= 11 is 0. The summed E-state index contributed by atoms with van der Waals surface area (Å²) in [7, 11) is 0. The van der Waals surface area contributed by atoms with Gasteiger partial charge in [-0.3, -0.25) is 9.59 Å². The van der Waals surface area contributed by atoms with Crippen molar-refractivity contribution in [2.45, 2.75) is 50.5 Å². The van der Waals surface area contributed by atoms with Crippen molar-refractivity contribution in [1.29, 1.82) is 0 Å². The second-order valence-electron chi connectivity index (χ2n) is 8.44. The highest BCUT2D eigenvalue weighted by Crippen LogP contribution is 2.61.